The van der Waals surface area contributed by atoms with Crippen LogP contribution < -0.4 is 0 Å². The van der Waals surface area contributed by atoms with E-state index >= 15 is 0 Å². The fourth-order valence-electron chi connectivity index (χ4n) is 2.88. The van der Waals surface area contributed by atoms with Crippen molar-refractivity contribution in [3.05, 3.63) is 35.9 Å². The lowest BCUT2D eigenvalue weighted by molar-refractivity contribution is 0.106. The van der Waals surface area contributed by atoms with Crippen molar-refractivity contribution in [2.24, 2.45) is 9.98 Å². The number of benzene rings is 1. The molecule has 104 valence electrons. The summed E-state index contributed by atoms with van der Waals surface area (Å²) in [7, 11) is 0. The highest BCUT2D eigenvalue weighted by molar-refractivity contribution is 8.15. The molecule has 1 aromatic rings. The molecule has 2 aliphatic rings. The Morgan fingerprint density at radius 2 is 1.80 bits per heavy atom. The molecule has 1 spiro atoms. The highest BCUT2D eigenvalue weighted by Crippen LogP contribution is 2.37. The zero-order valence-electron chi connectivity index (χ0n) is 11.6. The molecule has 1 heterocycles. The van der Waals surface area contributed by atoms with Gasteiger partial charge in [0, 0.05) is 5.56 Å². The second kappa shape index (κ2) is 5.52. The summed E-state index contributed by atoms with van der Waals surface area (Å²) in [5.74, 6) is 0.00106. The summed E-state index contributed by atoms with van der Waals surface area (Å²) in [5, 5.41) is 0.806. The lowest BCUT2D eigenvalue weighted by Gasteiger charge is -2.27. The SMILES string of the molecule is CSC1=NC2(CCCCC2)N=C1C(=O)c1ccccc1. The van der Waals surface area contributed by atoms with Crippen molar-refractivity contribution < 1.29 is 4.79 Å². The highest BCUT2D eigenvalue weighted by Gasteiger charge is 2.39. The molecule has 1 aliphatic heterocycles. The minimum Gasteiger partial charge on any atom is -0.287 e. The van der Waals surface area contributed by atoms with Gasteiger partial charge in [0.25, 0.3) is 0 Å². The van der Waals surface area contributed by atoms with Crippen LogP contribution in [-0.4, -0.2) is 28.5 Å². The maximum absolute atomic E-state index is 12.6. The van der Waals surface area contributed by atoms with Crippen molar-refractivity contribution in [1.82, 2.24) is 0 Å². The van der Waals surface area contributed by atoms with E-state index in [0.717, 1.165) is 30.7 Å². The van der Waals surface area contributed by atoms with E-state index in [0.29, 0.717) is 11.3 Å². The molecule has 0 N–H and O–H groups in total. The van der Waals surface area contributed by atoms with E-state index in [-0.39, 0.29) is 11.4 Å². The van der Waals surface area contributed by atoms with E-state index < -0.39 is 0 Å². The van der Waals surface area contributed by atoms with Gasteiger partial charge >= 0.3 is 0 Å². The molecule has 0 amide bonds. The van der Waals surface area contributed by atoms with Crippen LogP contribution in [0.1, 0.15) is 42.5 Å². The second-order valence-electron chi connectivity index (χ2n) is 5.32. The van der Waals surface area contributed by atoms with Crippen molar-refractivity contribution in [2.45, 2.75) is 37.8 Å². The van der Waals surface area contributed by atoms with Gasteiger partial charge in [-0.2, -0.15) is 0 Å². The van der Waals surface area contributed by atoms with Crippen LogP contribution >= 0.6 is 11.8 Å². The second-order valence-corrected chi connectivity index (χ2v) is 6.11. The Morgan fingerprint density at radius 3 is 2.45 bits per heavy atom. The zero-order valence-corrected chi connectivity index (χ0v) is 12.4. The fraction of sp³-hybridized carbons (Fsp3) is 0.438. The molecule has 1 fully saturated rings. The summed E-state index contributed by atoms with van der Waals surface area (Å²) in [5.41, 5.74) is 0.919. The molecule has 0 atom stereocenters. The topological polar surface area (TPSA) is 41.8 Å². The van der Waals surface area contributed by atoms with Crippen LogP contribution in [-0.2, 0) is 0 Å². The van der Waals surface area contributed by atoms with E-state index in [9.17, 15) is 4.79 Å². The number of hydrogen-bond donors (Lipinski definition) is 0. The quantitative estimate of drug-likeness (QED) is 0.777. The Hall–Kier alpha value is -1.42. The van der Waals surface area contributed by atoms with Crippen LogP contribution in [0.4, 0.5) is 0 Å². The molecule has 0 unspecified atom stereocenters. The third-order valence-corrected chi connectivity index (χ3v) is 4.60. The average Bonchev–Trinajstić information content (AvgIpc) is 2.86. The van der Waals surface area contributed by atoms with Crippen LogP contribution in [0.15, 0.2) is 40.3 Å². The van der Waals surface area contributed by atoms with Crippen molar-refractivity contribution in [3.63, 3.8) is 0 Å². The molecule has 1 saturated carbocycles. The van der Waals surface area contributed by atoms with Gasteiger partial charge in [-0.25, -0.2) is 9.98 Å². The fourth-order valence-corrected chi connectivity index (χ4v) is 3.47. The van der Waals surface area contributed by atoms with Gasteiger partial charge in [-0.05, 0) is 31.9 Å². The lowest BCUT2D eigenvalue weighted by atomic mass is 9.90. The molecule has 3 nitrogen and oxygen atoms in total. The number of hydrogen-bond acceptors (Lipinski definition) is 4. The predicted molar refractivity (Wildman–Crippen MR) is 85.0 cm³/mol. The molecule has 0 aromatic heterocycles. The van der Waals surface area contributed by atoms with E-state index in [1.807, 2.05) is 36.6 Å². The molecular weight excluding hydrogens is 268 g/mol. The van der Waals surface area contributed by atoms with Gasteiger partial charge in [-0.3, -0.25) is 4.79 Å². The van der Waals surface area contributed by atoms with Crippen molar-refractivity contribution >= 4 is 28.3 Å². The number of ketones is 1. The number of aliphatic imine (C=N–C) groups is 2. The van der Waals surface area contributed by atoms with Crippen molar-refractivity contribution in [3.8, 4) is 0 Å². The normalized spacial score (nSPS) is 20.6. The summed E-state index contributed by atoms with van der Waals surface area (Å²) in [6, 6.07) is 9.37. The summed E-state index contributed by atoms with van der Waals surface area (Å²) >= 11 is 1.53. The third kappa shape index (κ3) is 2.44. The Morgan fingerprint density at radius 1 is 1.10 bits per heavy atom. The first-order valence-electron chi connectivity index (χ1n) is 7.08. The molecule has 4 heteroatoms. The van der Waals surface area contributed by atoms with Gasteiger partial charge in [-0.15, -0.1) is 11.8 Å². The smallest absolute Gasteiger partial charge is 0.213 e. The van der Waals surface area contributed by atoms with Crippen LogP contribution in [0.5, 0.6) is 0 Å². The number of carbonyl (C=O) groups excluding carboxylic acids is 1. The van der Waals surface area contributed by atoms with Crippen LogP contribution in [0, 0.1) is 0 Å². The maximum atomic E-state index is 12.6. The summed E-state index contributed by atoms with van der Waals surface area (Å²) in [6.45, 7) is 0. The molecule has 1 aliphatic carbocycles. The van der Waals surface area contributed by atoms with Crippen LogP contribution in [0.2, 0.25) is 0 Å². The first-order chi connectivity index (χ1) is 9.74. The van der Waals surface area contributed by atoms with E-state index in [1.165, 1.54) is 18.2 Å². The minimum absolute atomic E-state index is 0.00106. The van der Waals surface area contributed by atoms with Gasteiger partial charge in [0.15, 0.2) is 5.66 Å². The first kappa shape index (κ1) is 13.6. The van der Waals surface area contributed by atoms with Gasteiger partial charge in [-0.1, -0.05) is 36.8 Å². The van der Waals surface area contributed by atoms with Gasteiger partial charge in [0.1, 0.15) is 10.8 Å². The largest absolute Gasteiger partial charge is 0.287 e. The summed E-state index contributed by atoms with van der Waals surface area (Å²) < 4.78 is 0. The summed E-state index contributed by atoms with van der Waals surface area (Å²) in [4.78, 5) is 22.1. The van der Waals surface area contributed by atoms with Gasteiger partial charge in [0.2, 0.25) is 5.78 Å². The third-order valence-electron chi connectivity index (χ3n) is 3.93. The molecule has 20 heavy (non-hydrogen) atoms. The van der Waals surface area contributed by atoms with Crippen LogP contribution in [0.3, 0.4) is 0 Å². The Bertz CT molecular complexity index is 571. The molecule has 1 aromatic carbocycles. The number of thioether (sulfide) groups is 1. The zero-order chi connectivity index (χ0) is 14.0. The maximum Gasteiger partial charge on any atom is 0.213 e. The molecule has 0 radical (unpaired) electrons. The van der Waals surface area contributed by atoms with E-state index in [2.05, 4.69) is 0 Å². The number of rotatable bonds is 2. The predicted octanol–water partition coefficient (Wildman–Crippen LogP) is 3.75. The lowest BCUT2D eigenvalue weighted by Crippen LogP contribution is -2.25. The Labute approximate surface area is 123 Å². The molecule has 0 bridgehead atoms. The van der Waals surface area contributed by atoms with Crippen molar-refractivity contribution in [2.75, 3.05) is 6.26 Å². The monoisotopic (exact) mass is 286 g/mol. The molecule has 0 saturated heterocycles. The van der Waals surface area contributed by atoms with Gasteiger partial charge < -0.3 is 0 Å². The van der Waals surface area contributed by atoms with Crippen molar-refractivity contribution in [1.29, 1.82) is 0 Å². The Kier molecular flexibility index (Phi) is 3.74. The van der Waals surface area contributed by atoms with Gasteiger partial charge in [0.05, 0.1) is 0 Å². The summed E-state index contributed by atoms with van der Waals surface area (Å²) in [6.07, 6.45) is 7.48. The molecule has 3 rings (SSSR count). The number of Topliss-reactive ketones (excluding diaryl/α,β-unsaturated/α-hetero) is 1. The van der Waals surface area contributed by atoms with Crippen LogP contribution in [0.25, 0.3) is 0 Å². The minimum atomic E-state index is -0.337. The highest BCUT2D eigenvalue weighted by atomic mass is 32.2. The number of carbonyl (C=O) groups is 1. The average molecular weight is 286 g/mol. The molecular formula is C16H18N2OS. The van der Waals surface area contributed by atoms with E-state index in [4.69, 9.17) is 9.98 Å². The standard InChI is InChI=1S/C16H18N2OS/c1-20-15-13(14(19)12-8-4-2-5-9-12)17-16(18-15)10-6-3-7-11-16/h2,4-5,8-9H,3,6-7,10-11H2,1H3. The van der Waals surface area contributed by atoms with E-state index in [1.54, 1.807) is 0 Å². The first-order valence-corrected chi connectivity index (χ1v) is 8.30. The number of nitrogens with zero attached hydrogens (tertiary/aromatic N) is 2. The Balaban J connectivity index is 1.94.